The van der Waals surface area contributed by atoms with E-state index in [1.165, 1.54) is 10.6 Å². The van der Waals surface area contributed by atoms with Gasteiger partial charge in [0.1, 0.15) is 11.7 Å². The lowest BCUT2D eigenvalue weighted by Gasteiger charge is -2.23. The number of carbonyl (C=O) groups excluding carboxylic acids is 1. The molecule has 0 unspecified atom stereocenters. The number of ether oxygens (including phenoxy) is 1. The summed E-state index contributed by atoms with van der Waals surface area (Å²) in [5.41, 5.74) is 9.20. The van der Waals surface area contributed by atoms with Crippen LogP contribution < -0.4 is 10.0 Å². The molecule has 3 N–H and O–H groups in total. The van der Waals surface area contributed by atoms with Crippen LogP contribution in [0.5, 0.6) is 0 Å². The highest BCUT2D eigenvalue weighted by molar-refractivity contribution is 7.92. The fourth-order valence-electron chi connectivity index (χ4n) is 4.15. The number of rotatable bonds is 13. The summed E-state index contributed by atoms with van der Waals surface area (Å²) in [6.45, 7) is 3.60. The fourth-order valence-corrected chi connectivity index (χ4v) is 5.10. The molecular weight excluding hydrogens is 492 g/mol. The van der Waals surface area contributed by atoms with Gasteiger partial charge in [0.15, 0.2) is 0 Å². The number of nitrogen functional groups attached to an aromatic ring is 1. The predicted molar refractivity (Wildman–Crippen MR) is 147 cm³/mol. The molecule has 0 spiro atoms. The maximum Gasteiger partial charge on any atom is 0.307 e. The van der Waals surface area contributed by atoms with Crippen molar-refractivity contribution < 1.29 is 17.9 Å². The van der Waals surface area contributed by atoms with Gasteiger partial charge in [-0.25, -0.2) is 13.4 Å². The minimum atomic E-state index is -3.48. The zero-order chi connectivity index (χ0) is 27.2. The van der Waals surface area contributed by atoms with Gasteiger partial charge in [0.25, 0.3) is 0 Å². The van der Waals surface area contributed by atoms with Crippen molar-refractivity contribution in [2.75, 3.05) is 44.4 Å². The number of imidazole rings is 1. The minimum Gasteiger partial charge on any atom is -0.466 e. The van der Waals surface area contributed by atoms with Gasteiger partial charge in [0, 0.05) is 25.1 Å². The molecule has 0 saturated heterocycles. The van der Waals surface area contributed by atoms with E-state index in [0.717, 1.165) is 23.4 Å². The molecule has 0 bridgehead atoms. The molecule has 0 fully saturated rings. The largest absolute Gasteiger partial charge is 0.466 e. The third-order valence-corrected chi connectivity index (χ3v) is 7.13. The first-order valence-corrected chi connectivity index (χ1v) is 14.0. The zero-order valence-electron chi connectivity index (χ0n) is 21.9. The number of fused-ring (bicyclic) bond motifs is 1. The maximum atomic E-state index is 12.6. The molecule has 0 aliphatic rings. The lowest BCUT2D eigenvalue weighted by Crippen LogP contribution is -2.32. The Morgan fingerprint density at radius 3 is 2.43 bits per heavy atom. The van der Waals surface area contributed by atoms with Crippen molar-refractivity contribution >= 4 is 38.5 Å². The van der Waals surface area contributed by atoms with Crippen molar-refractivity contribution in [3.63, 3.8) is 0 Å². The number of carbonyl (C=O) groups is 1. The van der Waals surface area contributed by atoms with Crippen molar-refractivity contribution in [1.82, 2.24) is 14.5 Å². The van der Waals surface area contributed by atoms with Crippen molar-refractivity contribution in [2.45, 2.75) is 32.7 Å². The Balaban J connectivity index is 1.99. The quantitative estimate of drug-likeness (QED) is 0.198. The highest BCUT2D eigenvalue weighted by Gasteiger charge is 2.20. The second-order valence-corrected chi connectivity index (χ2v) is 11.1. The van der Waals surface area contributed by atoms with Crippen LogP contribution in [0.2, 0.25) is 0 Å². The SMILES string of the molecule is CCOC(=O)CCn1c(Cc2ccc(C(=N)N)cc2)nc2cc(N(CCCN(C)C)S(C)(=O)=O)ccc21. The number of amidine groups is 1. The summed E-state index contributed by atoms with van der Waals surface area (Å²) in [6.07, 6.45) is 2.58. The second kappa shape index (κ2) is 12.2. The molecule has 1 heterocycles. The molecule has 3 aromatic rings. The number of hydrogen-bond donors (Lipinski definition) is 2. The first-order chi connectivity index (χ1) is 17.5. The van der Waals surface area contributed by atoms with Gasteiger partial charge in [0.2, 0.25) is 10.0 Å². The first-order valence-electron chi connectivity index (χ1n) is 12.2. The smallest absolute Gasteiger partial charge is 0.307 e. The van der Waals surface area contributed by atoms with Crippen LogP contribution in [0.4, 0.5) is 5.69 Å². The van der Waals surface area contributed by atoms with E-state index < -0.39 is 10.0 Å². The van der Waals surface area contributed by atoms with Crippen LogP contribution in [-0.4, -0.2) is 74.7 Å². The van der Waals surface area contributed by atoms with Gasteiger partial charge in [-0.15, -0.1) is 0 Å². The summed E-state index contributed by atoms with van der Waals surface area (Å²) in [5.74, 6) is 0.453. The average Bonchev–Trinajstić information content (AvgIpc) is 3.16. The number of sulfonamides is 1. The lowest BCUT2D eigenvalue weighted by molar-refractivity contribution is -0.143. The van der Waals surface area contributed by atoms with Crippen LogP contribution in [0.15, 0.2) is 42.5 Å². The third-order valence-electron chi connectivity index (χ3n) is 5.94. The maximum absolute atomic E-state index is 12.6. The Labute approximate surface area is 218 Å². The van der Waals surface area contributed by atoms with E-state index in [1.807, 2.05) is 41.8 Å². The van der Waals surface area contributed by atoms with Gasteiger partial charge in [0.05, 0.1) is 36.0 Å². The fraction of sp³-hybridized carbons (Fsp3) is 0.423. The van der Waals surface area contributed by atoms with E-state index >= 15 is 0 Å². The lowest BCUT2D eigenvalue weighted by atomic mass is 10.1. The molecule has 200 valence electrons. The van der Waals surface area contributed by atoms with E-state index in [4.69, 9.17) is 20.9 Å². The molecule has 2 aromatic carbocycles. The van der Waals surface area contributed by atoms with Crippen molar-refractivity contribution in [3.05, 3.63) is 59.4 Å². The standard InChI is InChI=1S/C26H36N6O4S/c1-5-36-25(33)13-16-31-23-12-11-21(32(37(4,34)35)15-6-14-30(2)3)18-22(23)29-24(31)17-19-7-9-20(10-8-19)26(27)28/h7-12,18H,5-6,13-17H2,1-4H3,(H3,27,28). The number of benzene rings is 2. The van der Waals surface area contributed by atoms with E-state index in [-0.39, 0.29) is 18.2 Å². The molecule has 3 rings (SSSR count). The van der Waals surface area contributed by atoms with Crippen LogP contribution in [0.25, 0.3) is 11.0 Å². The highest BCUT2D eigenvalue weighted by atomic mass is 32.2. The highest BCUT2D eigenvalue weighted by Crippen LogP contribution is 2.26. The number of aromatic nitrogens is 2. The van der Waals surface area contributed by atoms with Gasteiger partial charge in [-0.05, 0) is 57.7 Å². The molecule has 0 atom stereocenters. The number of esters is 1. The van der Waals surface area contributed by atoms with Crippen molar-refractivity contribution in [1.29, 1.82) is 5.41 Å². The summed E-state index contributed by atoms with van der Waals surface area (Å²) in [6, 6.07) is 12.8. The topological polar surface area (TPSA) is 135 Å². The second-order valence-electron chi connectivity index (χ2n) is 9.19. The molecule has 37 heavy (non-hydrogen) atoms. The van der Waals surface area contributed by atoms with E-state index in [2.05, 4.69) is 0 Å². The normalized spacial score (nSPS) is 11.7. The molecule has 10 nitrogen and oxygen atoms in total. The Bertz CT molecular complexity index is 1350. The van der Waals surface area contributed by atoms with Crippen molar-refractivity contribution in [2.24, 2.45) is 5.73 Å². The molecule has 0 amide bonds. The molecule has 1 aromatic heterocycles. The number of nitrogens with zero attached hydrogens (tertiary/aromatic N) is 4. The Morgan fingerprint density at radius 2 is 1.84 bits per heavy atom. The molecule has 0 aliphatic heterocycles. The molecular formula is C26H36N6O4S. The number of nitrogens with two attached hydrogens (primary N) is 1. The summed E-state index contributed by atoms with van der Waals surface area (Å²) >= 11 is 0. The number of anilines is 1. The van der Waals surface area contributed by atoms with Gasteiger partial charge < -0.3 is 19.9 Å². The van der Waals surface area contributed by atoms with Gasteiger partial charge >= 0.3 is 5.97 Å². The summed E-state index contributed by atoms with van der Waals surface area (Å²) < 4.78 is 33.7. The molecule has 0 saturated carbocycles. The molecule has 0 aliphatic carbocycles. The number of hydrogen-bond acceptors (Lipinski definition) is 7. The van der Waals surface area contributed by atoms with Gasteiger partial charge in [-0.3, -0.25) is 14.5 Å². The van der Waals surface area contributed by atoms with Gasteiger partial charge in [-0.2, -0.15) is 0 Å². The monoisotopic (exact) mass is 528 g/mol. The van der Waals surface area contributed by atoms with E-state index in [1.54, 1.807) is 31.2 Å². The third kappa shape index (κ3) is 7.53. The number of aryl methyl sites for hydroxylation is 1. The average molecular weight is 529 g/mol. The minimum absolute atomic E-state index is 0.00164. The zero-order valence-corrected chi connectivity index (χ0v) is 22.7. The molecule has 11 heteroatoms. The number of nitrogens with one attached hydrogen (secondary N) is 1. The summed E-state index contributed by atoms with van der Waals surface area (Å²) in [5, 5.41) is 7.59. The van der Waals surface area contributed by atoms with Crippen molar-refractivity contribution in [3.8, 4) is 0 Å². The predicted octanol–water partition coefficient (Wildman–Crippen LogP) is 2.58. The van der Waals surface area contributed by atoms with Crippen LogP contribution in [0.1, 0.15) is 36.7 Å². The van der Waals surface area contributed by atoms with Crippen LogP contribution in [0.3, 0.4) is 0 Å². The van der Waals surface area contributed by atoms with E-state index in [9.17, 15) is 13.2 Å². The van der Waals surface area contributed by atoms with Crippen LogP contribution in [0, 0.1) is 5.41 Å². The summed E-state index contributed by atoms with van der Waals surface area (Å²) in [4.78, 5) is 18.9. The molecule has 0 radical (unpaired) electrons. The first kappa shape index (κ1) is 28.1. The van der Waals surface area contributed by atoms with Gasteiger partial charge in [-0.1, -0.05) is 24.3 Å². The Morgan fingerprint density at radius 1 is 1.14 bits per heavy atom. The van der Waals surface area contributed by atoms with E-state index in [0.29, 0.717) is 49.3 Å². The Kier molecular flexibility index (Phi) is 9.28. The van der Waals surface area contributed by atoms with Crippen LogP contribution >= 0.6 is 0 Å². The summed E-state index contributed by atoms with van der Waals surface area (Å²) in [7, 11) is 0.423. The van der Waals surface area contributed by atoms with Crippen LogP contribution in [-0.2, 0) is 32.5 Å². The Hall–Kier alpha value is -3.44.